The lowest BCUT2D eigenvalue weighted by molar-refractivity contribution is -0.141. The number of carbonyl (C=O) groups is 3. The Hall–Kier alpha value is -1.65. The zero-order chi connectivity index (χ0) is 13.3. The summed E-state index contributed by atoms with van der Waals surface area (Å²) >= 11 is 0. The maximum atomic E-state index is 11.3. The highest BCUT2D eigenvalue weighted by molar-refractivity contribution is 5.88. The summed E-state index contributed by atoms with van der Waals surface area (Å²) in [6, 6.07) is 0. The van der Waals surface area contributed by atoms with Gasteiger partial charge in [-0.1, -0.05) is 6.58 Å². The molecule has 0 unspecified atom stereocenters. The van der Waals surface area contributed by atoms with Crippen LogP contribution in [0.5, 0.6) is 0 Å². The Kier molecular flexibility index (Phi) is 7.67. The largest absolute Gasteiger partial charge is 0.469 e. The first-order chi connectivity index (χ1) is 8.04. The molecule has 0 aromatic carbocycles. The van der Waals surface area contributed by atoms with E-state index in [9.17, 15) is 14.4 Å². The third-order valence-corrected chi connectivity index (χ3v) is 2.21. The van der Waals surface area contributed by atoms with Crippen molar-refractivity contribution in [1.82, 2.24) is 0 Å². The van der Waals surface area contributed by atoms with Crippen LogP contribution < -0.4 is 0 Å². The molecule has 0 spiro atoms. The van der Waals surface area contributed by atoms with Gasteiger partial charge in [0, 0.05) is 17.9 Å². The van der Waals surface area contributed by atoms with E-state index in [-0.39, 0.29) is 31.0 Å². The Morgan fingerprint density at radius 2 is 2.06 bits per heavy atom. The standard InChI is InChI=1S/C12H18O5/c1-4-17-12(15)9(2)7-10(8-13)5-6-11(14)16-3/h8,10H,2,4-7H2,1,3H3/t10-/m1/s1. The Morgan fingerprint density at radius 1 is 1.41 bits per heavy atom. The van der Waals surface area contributed by atoms with Crippen LogP contribution in [-0.2, 0) is 23.9 Å². The zero-order valence-electron chi connectivity index (χ0n) is 10.2. The number of methoxy groups -OCH3 is 1. The lowest BCUT2D eigenvalue weighted by atomic mass is 9.97. The Bertz CT molecular complexity index is 295. The van der Waals surface area contributed by atoms with Crippen molar-refractivity contribution in [3.63, 3.8) is 0 Å². The maximum Gasteiger partial charge on any atom is 0.333 e. The molecule has 0 aliphatic heterocycles. The fourth-order valence-corrected chi connectivity index (χ4v) is 1.26. The molecule has 0 aliphatic carbocycles. The van der Waals surface area contributed by atoms with E-state index in [4.69, 9.17) is 4.74 Å². The van der Waals surface area contributed by atoms with Crippen molar-refractivity contribution in [1.29, 1.82) is 0 Å². The highest BCUT2D eigenvalue weighted by atomic mass is 16.5. The molecule has 0 saturated carbocycles. The van der Waals surface area contributed by atoms with Gasteiger partial charge in [-0.25, -0.2) is 4.79 Å². The van der Waals surface area contributed by atoms with Crippen molar-refractivity contribution in [3.8, 4) is 0 Å². The summed E-state index contributed by atoms with van der Waals surface area (Å²) in [4.78, 5) is 32.9. The number of esters is 2. The highest BCUT2D eigenvalue weighted by Gasteiger charge is 2.16. The van der Waals surface area contributed by atoms with Gasteiger partial charge in [0.2, 0.25) is 0 Å². The van der Waals surface area contributed by atoms with Crippen LogP contribution in [0.4, 0.5) is 0 Å². The summed E-state index contributed by atoms with van der Waals surface area (Å²) in [5, 5.41) is 0. The van der Waals surface area contributed by atoms with Crippen molar-refractivity contribution in [3.05, 3.63) is 12.2 Å². The number of hydrogen-bond donors (Lipinski definition) is 0. The molecule has 0 aliphatic rings. The molecule has 17 heavy (non-hydrogen) atoms. The summed E-state index contributed by atoms with van der Waals surface area (Å²) in [6.45, 7) is 5.52. The van der Waals surface area contributed by atoms with Crippen LogP contribution in [0.2, 0.25) is 0 Å². The number of ether oxygens (including phenoxy) is 2. The smallest absolute Gasteiger partial charge is 0.333 e. The van der Waals surface area contributed by atoms with Crippen molar-refractivity contribution in [2.45, 2.75) is 26.2 Å². The summed E-state index contributed by atoms with van der Waals surface area (Å²) in [5.74, 6) is -1.29. The molecule has 0 amide bonds. The third kappa shape index (κ3) is 6.50. The molecular formula is C12H18O5. The van der Waals surface area contributed by atoms with Crippen molar-refractivity contribution in [2.24, 2.45) is 5.92 Å². The van der Waals surface area contributed by atoms with Crippen LogP contribution in [0.1, 0.15) is 26.2 Å². The van der Waals surface area contributed by atoms with Crippen LogP contribution in [0.3, 0.4) is 0 Å². The van der Waals surface area contributed by atoms with E-state index in [0.717, 1.165) is 0 Å². The molecule has 0 aromatic rings. The Morgan fingerprint density at radius 3 is 2.53 bits per heavy atom. The molecule has 0 N–H and O–H groups in total. The van der Waals surface area contributed by atoms with Crippen LogP contribution in [0.25, 0.3) is 0 Å². The monoisotopic (exact) mass is 242 g/mol. The molecule has 1 atom stereocenters. The van der Waals surface area contributed by atoms with E-state index in [1.807, 2.05) is 0 Å². The lowest BCUT2D eigenvalue weighted by Gasteiger charge is -2.10. The highest BCUT2D eigenvalue weighted by Crippen LogP contribution is 2.15. The molecule has 0 fully saturated rings. The number of rotatable bonds is 8. The number of hydrogen-bond acceptors (Lipinski definition) is 5. The van der Waals surface area contributed by atoms with E-state index < -0.39 is 11.9 Å². The van der Waals surface area contributed by atoms with Gasteiger partial charge in [-0.15, -0.1) is 0 Å². The van der Waals surface area contributed by atoms with E-state index in [0.29, 0.717) is 12.7 Å². The molecule has 0 aromatic heterocycles. The minimum Gasteiger partial charge on any atom is -0.469 e. The molecule has 0 radical (unpaired) electrons. The fourth-order valence-electron chi connectivity index (χ4n) is 1.26. The third-order valence-electron chi connectivity index (χ3n) is 2.21. The molecule has 0 heterocycles. The lowest BCUT2D eigenvalue weighted by Crippen LogP contribution is -2.13. The molecule has 5 nitrogen and oxygen atoms in total. The van der Waals surface area contributed by atoms with Crippen molar-refractivity contribution >= 4 is 18.2 Å². The zero-order valence-corrected chi connectivity index (χ0v) is 10.2. The quantitative estimate of drug-likeness (QED) is 0.364. The normalized spacial score (nSPS) is 11.4. The summed E-state index contributed by atoms with van der Waals surface area (Å²) in [6.07, 6.45) is 1.41. The SMILES string of the molecule is C=C(C[C@H](C=O)CCC(=O)OC)C(=O)OCC. The first-order valence-electron chi connectivity index (χ1n) is 5.42. The average Bonchev–Trinajstić information content (AvgIpc) is 2.33. The second kappa shape index (κ2) is 8.50. The van der Waals surface area contributed by atoms with Gasteiger partial charge in [0.05, 0.1) is 13.7 Å². The average molecular weight is 242 g/mol. The molecule has 5 heteroatoms. The summed E-state index contributed by atoms with van der Waals surface area (Å²) < 4.78 is 9.22. The molecule has 0 bridgehead atoms. The predicted molar refractivity (Wildman–Crippen MR) is 61.2 cm³/mol. The van der Waals surface area contributed by atoms with Crippen LogP contribution in [-0.4, -0.2) is 31.9 Å². The van der Waals surface area contributed by atoms with Gasteiger partial charge in [-0.05, 0) is 19.8 Å². The molecular weight excluding hydrogens is 224 g/mol. The van der Waals surface area contributed by atoms with E-state index in [2.05, 4.69) is 11.3 Å². The van der Waals surface area contributed by atoms with Gasteiger partial charge in [-0.2, -0.15) is 0 Å². The van der Waals surface area contributed by atoms with Crippen molar-refractivity contribution < 1.29 is 23.9 Å². The van der Waals surface area contributed by atoms with Crippen LogP contribution >= 0.6 is 0 Å². The maximum absolute atomic E-state index is 11.3. The second-order valence-electron chi connectivity index (χ2n) is 3.54. The second-order valence-corrected chi connectivity index (χ2v) is 3.54. The molecule has 0 rings (SSSR count). The summed E-state index contributed by atoms with van der Waals surface area (Å²) in [7, 11) is 1.29. The van der Waals surface area contributed by atoms with Gasteiger partial charge in [0.25, 0.3) is 0 Å². The van der Waals surface area contributed by atoms with Crippen molar-refractivity contribution in [2.75, 3.05) is 13.7 Å². The number of aldehydes is 1. The molecule has 96 valence electrons. The Labute approximate surface area is 101 Å². The first kappa shape index (κ1) is 15.3. The number of carbonyl (C=O) groups excluding carboxylic acids is 3. The Balaban J connectivity index is 4.12. The van der Waals surface area contributed by atoms with Crippen LogP contribution in [0.15, 0.2) is 12.2 Å². The van der Waals surface area contributed by atoms with Gasteiger partial charge < -0.3 is 14.3 Å². The fraction of sp³-hybridized carbons (Fsp3) is 0.583. The minimum atomic E-state index is -0.502. The summed E-state index contributed by atoms with van der Waals surface area (Å²) in [5.41, 5.74) is 0.244. The molecule has 0 saturated heterocycles. The van der Waals surface area contributed by atoms with Gasteiger partial charge >= 0.3 is 11.9 Å². The van der Waals surface area contributed by atoms with E-state index in [1.165, 1.54) is 7.11 Å². The first-order valence-corrected chi connectivity index (χ1v) is 5.42. The van der Waals surface area contributed by atoms with Gasteiger partial charge in [0.15, 0.2) is 0 Å². The minimum absolute atomic E-state index is 0.149. The predicted octanol–water partition coefficient (Wildman–Crippen LogP) is 1.26. The van der Waals surface area contributed by atoms with Crippen LogP contribution in [0, 0.1) is 5.92 Å². The van der Waals surface area contributed by atoms with Gasteiger partial charge in [0.1, 0.15) is 6.29 Å². The topological polar surface area (TPSA) is 69.7 Å². The van der Waals surface area contributed by atoms with E-state index in [1.54, 1.807) is 6.92 Å². The van der Waals surface area contributed by atoms with E-state index >= 15 is 0 Å². The van der Waals surface area contributed by atoms with Gasteiger partial charge in [-0.3, -0.25) is 4.79 Å².